The monoisotopic (exact) mass is 300 g/mol. The minimum Gasteiger partial charge on any atom is -0.334 e. The van der Waals surface area contributed by atoms with E-state index >= 15 is 0 Å². The van der Waals surface area contributed by atoms with Gasteiger partial charge in [0.1, 0.15) is 11.4 Å². The van der Waals surface area contributed by atoms with Crippen molar-refractivity contribution < 1.29 is 4.79 Å². The van der Waals surface area contributed by atoms with Crippen molar-refractivity contribution in [3.8, 4) is 0 Å². The number of rotatable bonds is 6. The fourth-order valence-corrected chi connectivity index (χ4v) is 2.12. The lowest BCUT2D eigenvalue weighted by molar-refractivity contribution is 0.0738. The summed E-state index contributed by atoms with van der Waals surface area (Å²) in [4.78, 5) is 36.9. The lowest BCUT2D eigenvalue weighted by atomic mass is 10.2. The van der Waals surface area contributed by atoms with Crippen LogP contribution in [0, 0.1) is 6.92 Å². The molecule has 0 saturated heterocycles. The first-order chi connectivity index (χ1) is 10.6. The number of hydrogen-bond donors (Lipinski definition) is 1. The highest BCUT2D eigenvalue weighted by Crippen LogP contribution is 2.08. The number of aromatic amines is 1. The number of H-pyrrole nitrogens is 1. The van der Waals surface area contributed by atoms with E-state index in [9.17, 15) is 9.59 Å². The van der Waals surface area contributed by atoms with E-state index in [1.54, 1.807) is 24.2 Å². The zero-order chi connectivity index (χ0) is 15.9. The molecule has 0 fully saturated rings. The molecular weight excluding hydrogens is 280 g/mol. The maximum absolute atomic E-state index is 12.6. The number of carbonyl (C=O) groups excluding carboxylic acids is 1. The van der Waals surface area contributed by atoms with E-state index in [4.69, 9.17) is 0 Å². The van der Waals surface area contributed by atoms with Gasteiger partial charge in [0.15, 0.2) is 0 Å². The molecule has 6 nitrogen and oxygen atoms in total. The van der Waals surface area contributed by atoms with Crippen molar-refractivity contribution >= 4 is 5.91 Å². The summed E-state index contributed by atoms with van der Waals surface area (Å²) in [5.41, 5.74) is 0.610. The first-order valence-corrected chi connectivity index (χ1v) is 7.36. The topological polar surface area (TPSA) is 79.0 Å². The third-order valence-corrected chi connectivity index (χ3v) is 3.32. The molecule has 0 aliphatic rings. The lowest BCUT2D eigenvalue weighted by Gasteiger charge is -2.22. The molecule has 0 aromatic carbocycles. The first-order valence-electron chi connectivity index (χ1n) is 7.36. The van der Waals surface area contributed by atoms with Crippen LogP contribution in [0.15, 0.2) is 35.5 Å². The highest BCUT2D eigenvalue weighted by Gasteiger charge is 2.19. The van der Waals surface area contributed by atoms with E-state index in [2.05, 4.69) is 21.9 Å². The molecule has 2 rings (SSSR count). The molecule has 6 heteroatoms. The average Bonchev–Trinajstić information content (AvgIpc) is 2.52. The number of nitrogens with one attached hydrogen (secondary N) is 1. The fourth-order valence-electron chi connectivity index (χ4n) is 2.12. The average molecular weight is 300 g/mol. The van der Waals surface area contributed by atoms with Crippen LogP contribution in [0.5, 0.6) is 0 Å². The Balaban J connectivity index is 2.24. The predicted molar refractivity (Wildman–Crippen MR) is 83.5 cm³/mol. The van der Waals surface area contributed by atoms with Crippen molar-refractivity contribution in [2.75, 3.05) is 6.54 Å². The zero-order valence-electron chi connectivity index (χ0n) is 12.9. The molecule has 0 aliphatic carbocycles. The van der Waals surface area contributed by atoms with Gasteiger partial charge in [0.05, 0.1) is 0 Å². The van der Waals surface area contributed by atoms with Gasteiger partial charge in [0.25, 0.3) is 11.5 Å². The van der Waals surface area contributed by atoms with Gasteiger partial charge in [-0.3, -0.25) is 14.6 Å². The van der Waals surface area contributed by atoms with Crippen LogP contribution in [-0.2, 0) is 6.54 Å². The molecule has 0 radical (unpaired) electrons. The van der Waals surface area contributed by atoms with E-state index in [1.807, 2.05) is 12.1 Å². The number of carbonyl (C=O) groups is 1. The number of unbranched alkanes of at least 4 members (excludes halogenated alkanes) is 1. The second kappa shape index (κ2) is 7.49. The van der Waals surface area contributed by atoms with Crippen LogP contribution in [0.4, 0.5) is 0 Å². The first kappa shape index (κ1) is 15.9. The minimum absolute atomic E-state index is 0.0746. The molecular formula is C16H20N4O2. The third-order valence-electron chi connectivity index (χ3n) is 3.32. The molecule has 0 unspecified atom stereocenters. The Morgan fingerprint density at radius 3 is 2.82 bits per heavy atom. The molecule has 2 aromatic rings. The number of amides is 1. The van der Waals surface area contributed by atoms with Crippen LogP contribution in [0.25, 0.3) is 0 Å². The molecule has 0 aliphatic heterocycles. The summed E-state index contributed by atoms with van der Waals surface area (Å²) >= 11 is 0. The smallest absolute Gasteiger partial charge is 0.263 e. The van der Waals surface area contributed by atoms with Crippen molar-refractivity contribution in [3.63, 3.8) is 0 Å². The minimum atomic E-state index is -0.398. The third kappa shape index (κ3) is 4.00. The van der Waals surface area contributed by atoms with Crippen LogP contribution in [0.1, 0.15) is 41.5 Å². The van der Waals surface area contributed by atoms with E-state index in [-0.39, 0.29) is 11.5 Å². The number of nitrogens with zero attached hydrogens (tertiary/aromatic N) is 3. The Morgan fingerprint density at radius 2 is 2.18 bits per heavy atom. The summed E-state index contributed by atoms with van der Waals surface area (Å²) < 4.78 is 0. The van der Waals surface area contributed by atoms with Gasteiger partial charge in [-0.1, -0.05) is 19.4 Å². The normalized spacial score (nSPS) is 10.5. The standard InChI is InChI=1S/C16H20N4O2/c1-3-4-8-20(11-13-6-5-7-17-9-13)16(22)14-10-18-12(2)19-15(14)21/h5-7,9-10H,3-4,8,11H2,1-2H3,(H,18,19,21). The summed E-state index contributed by atoms with van der Waals surface area (Å²) in [5.74, 6) is 0.194. The van der Waals surface area contributed by atoms with Crippen molar-refractivity contribution in [3.05, 3.63) is 58.0 Å². The van der Waals surface area contributed by atoms with Crippen LogP contribution in [0.2, 0.25) is 0 Å². The molecule has 2 heterocycles. The van der Waals surface area contributed by atoms with E-state index < -0.39 is 5.56 Å². The molecule has 1 N–H and O–H groups in total. The summed E-state index contributed by atoms with van der Waals surface area (Å²) in [6.45, 7) is 4.77. The number of aromatic nitrogens is 3. The number of aryl methyl sites for hydroxylation is 1. The summed E-state index contributed by atoms with van der Waals surface area (Å²) in [7, 11) is 0. The quantitative estimate of drug-likeness (QED) is 0.884. The number of hydrogen-bond acceptors (Lipinski definition) is 4. The molecule has 0 atom stereocenters. The van der Waals surface area contributed by atoms with Gasteiger partial charge in [-0.2, -0.15) is 0 Å². The van der Waals surface area contributed by atoms with E-state index in [0.29, 0.717) is 18.9 Å². The zero-order valence-corrected chi connectivity index (χ0v) is 12.9. The summed E-state index contributed by atoms with van der Waals surface area (Å²) in [6, 6.07) is 3.74. The predicted octanol–water partition coefficient (Wildman–Crippen LogP) is 1.92. The highest BCUT2D eigenvalue weighted by molar-refractivity contribution is 5.93. The van der Waals surface area contributed by atoms with Gasteiger partial charge in [0, 0.05) is 31.7 Å². The Morgan fingerprint density at radius 1 is 1.36 bits per heavy atom. The van der Waals surface area contributed by atoms with Gasteiger partial charge < -0.3 is 9.88 Å². The Bertz CT molecular complexity index is 682. The van der Waals surface area contributed by atoms with Crippen LogP contribution in [-0.4, -0.2) is 32.3 Å². The van der Waals surface area contributed by atoms with Crippen molar-refractivity contribution in [2.45, 2.75) is 33.2 Å². The van der Waals surface area contributed by atoms with Gasteiger partial charge >= 0.3 is 0 Å². The lowest BCUT2D eigenvalue weighted by Crippen LogP contribution is -2.35. The van der Waals surface area contributed by atoms with Crippen molar-refractivity contribution in [1.82, 2.24) is 19.9 Å². The van der Waals surface area contributed by atoms with Crippen LogP contribution >= 0.6 is 0 Å². The van der Waals surface area contributed by atoms with E-state index in [1.165, 1.54) is 6.20 Å². The molecule has 0 spiro atoms. The highest BCUT2D eigenvalue weighted by atomic mass is 16.2. The maximum atomic E-state index is 12.6. The Labute approximate surface area is 129 Å². The SMILES string of the molecule is CCCCN(Cc1cccnc1)C(=O)c1cnc(C)[nH]c1=O. The molecule has 116 valence electrons. The molecule has 0 bridgehead atoms. The van der Waals surface area contributed by atoms with E-state index in [0.717, 1.165) is 18.4 Å². The Kier molecular flexibility index (Phi) is 5.41. The fraction of sp³-hybridized carbons (Fsp3) is 0.375. The van der Waals surface area contributed by atoms with Crippen molar-refractivity contribution in [1.29, 1.82) is 0 Å². The van der Waals surface area contributed by atoms with Gasteiger partial charge in [0.2, 0.25) is 0 Å². The maximum Gasteiger partial charge on any atom is 0.263 e. The van der Waals surface area contributed by atoms with Crippen molar-refractivity contribution in [2.24, 2.45) is 0 Å². The Hall–Kier alpha value is -2.50. The van der Waals surface area contributed by atoms with Gasteiger partial charge in [-0.15, -0.1) is 0 Å². The molecule has 0 saturated carbocycles. The second-order valence-electron chi connectivity index (χ2n) is 5.15. The molecule has 2 aromatic heterocycles. The van der Waals surface area contributed by atoms with Crippen LogP contribution in [0.3, 0.4) is 0 Å². The van der Waals surface area contributed by atoms with Gasteiger partial charge in [-0.25, -0.2) is 4.98 Å². The second-order valence-corrected chi connectivity index (χ2v) is 5.15. The molecule has 22 heavy (non-hydrogen) atoms. The summed E-state index contributed by atoms with van der Waals surface area (Å²) in [6.07, 6.45) is 6.61. The largest absolute Gasteiger partial charge is 0.334 e. The van der Waals surface area contributed by atoms with Gasteiger partial charge in [-0.05, 0) is 25.0 Å². The number of pyridine rings is 1. The van der Waals surface area contributed by atoms with Crippen LogP contribution < -0.4 is 5.56 Å². The molecule has 1 amide bonds. The summed E-state index contributed by atoms with van der Waals surface area (Å²) in [5, 5.41) is 0.